The van der Waals surface area contributed by atoms with Gasteiger partial charge in [-0.05, 0) is 25.0 Å². The predicted octanol–water partition coefficient (Wildman–Crippen LogP) is 4.54. The highest BCUT2D eigenvalue weighted by atomic mass is 32.1. The van der Waals surface area contributed by atoms with E-state index in [-0.39, 0.29) is 11.9 Å². The monoisotopic (exact) mass is 487 g/mol. The second-order valence-corrected chi connectivity index (χ2v) is 10.9. The van der Waals surface area contributed by atoms with Crippen LogP contribution >= 0.6 is 22.7 Å². The summed E-state index contributed by atoms with van der Waals surface area (Å²) in [5.41, 5.74) is 5.04. The summed E-state index contributed by atoms with van der Waals surface area (Å²) in [4.78, 5) is 33.7. The first-order chi connectivity index (χ1) is 16.7. The normalized spacial score (nSPS) is 17.9. The van der Waals surface area contributed by atoms with Gasteiger partial charge in [0.1, 0.15) is 20.9 Å². The molecule has 5 heterocycles. The number of nitrogens with one attached hydrogen (secondary N) is 1. The molecule has 1 aliphatic carbocycles. The molecule has 0 unspecified atom stereocenters. The average molecular weight is 488 g/mol. The molecule has 0 saturated heterocycles. The van der Waals surface area contributed by atoms with Crippen molar-refractivity contribution in [2.75, 3.05) is 6.54 Å². The molecule has 1 N–H and O–H groups in total. The number of aryl methyl sites for hydroxylation is 1. The second kappa shape index (κ2) is 7.57. The van der Waals surface area contributed by atoms with Crippen LogP contribution in [0.1, 0.15) is 56.6 Å². The van der Waals surface area contributed by atoms with Gasteiger partial charge in [-0.3, -0.25) is 9.48 Å². The quantitative estimate of drug-likeness (QED) is 0.402. The predicted molar refractivity (Wildman–Crippen MR) is 131 cm³/mol. The van der Waals surface area contributed by atoms with Crippen molar-refractivity contribution in [2.45, 2.75) is 31.2 Å². The van der Waals surface area contributed by atoms with E-state index in [2.05, 4.69) is 26.1 Å². The number of aromatic amines is 1. The minimum Gasteiger partial charge on any atom is -0.348 e. The van der Waals surface area contributed by atoms with E-state index in [1.54, 1.807) is 23.9 Å². The number of aromatic nitrogens is 6. The average Bonchev–Trinajstić information content (AvgIpc) is 3.24. The summed E-state index contributed by atoms with van der Waals surface area (Å²) in [5, 5.41) is 6.39. The zero-order valence-corrected chi connectivity index (χ0v) is 20.1. The van der Waals surface area contributed by atoms with Crippen molar-refractivity contribution in [1.82, 2.24) is 34.6 Å². The van der Waals surface area contributed by atoms with E-state index in [1.165, 1.54) is 24.2 Å². The Bertz CT molecular complexity index is 1510. The molecule has 0 bridgehead atoms. The number of para-hydroxylation sites is 1. The van der Waals surface area contributed by atoms with E-state index in [9.17, 15) is 4.79 Å². The highest BCUT2D eigenvalue weighted by Crippen LogP contribution is 2.44. The maximum absolute atomic E-state index is 13.8. The van der Waals surface area contributed by atoms with Gasteiger partial charge in [-0.2, -0.15) is 5.10 Å². The van der Waals surface area contributed by atoms with Gasteiger partial charge in [-0.25, -0.2) is 15.0 Å². The van der Waals surface area contributed by atoms with E-state index in [4.69, 9.17) is 4.98 Å². The lowest BCUT2D eigenvalue weighted by molar-refractivity contribution is 0.0695. The molecular weight excluding hydrogens is 466 g/mol. The van der Waals surface area contributed by atoms with E-state index in [1.807, 2.05) is 41.0 Å². The second-order valence-electron chi connectivity index (χ2n) is 8.84. The molecule has 4 aromatic heterocycles. The third-order valence-corrected chi connectivity index (χ3v) is 8.61. The minimum absolute atomic E-state index is 0.0291. The van der Waals surface area contributed by atoms with Crippen LogP contribution in [0, 0.1) is 0 Å². The molecule has 10 heteroatoms. The van der Waals surface area contributed by atoms with Gasteiger partial charge in [-0.15, -0.1) is 22.7 Å². The summed E-state index contributed by atoms with van der Waals surface area (Å²) in [6.45, 7) is 0.599. The molecule has 1 aromatic carbocycles. The lowest BCUT2D eigenvalue weighted by Gasteiger charge is -2.33. The number of imidazole rings is 1. The molecule has 170 valence electrons. The minimum atomic E-state index is -0.314. The van der Waals surface area contributed by atoms with Crippen molar-refractivity contribution >= 4 is 38.8 Å². The number of hydrogen-bond donors (Lipinski definition) is 1. The van der Waals surface area contributed by atoms with Crippen molar-refractivity contribution in [3.8, 4) is 10.6 Å². The van der Waals surface area contributed by atoms with Crippen molar-refractivity contribution in [2.24, 2.45) is 7.05 Å². The van der Waals surface area contributed by atoms with Gasteiger partial charge in [-0.1, -0.05) is 12.1 Å². The molecule has 1 aliphatic heterocycles. The molecule has 34 heavy (non-hydrogen) atoms. The van der Waals surface area contributed by atoms with Crippen LogP contribution in [0.4, 0.5) is 0 Å². The molecule has 1 amide bonds. The van der Waals surface area contributed by atoms with Gasteiger partial charge >= 0.3 is 0 Å². The van der Waals surface area contributed by atoms with E-state index in [0.29, 0.717) is 17.3 Å². The van der Waals surface area contributed by atoms with Gasteiger partial charge in [0.05, 0.1) is 39.7 Å². The summed E-state index contributed by atoms with van der Waals surface area (Å²) in [6.07, 6.45) is 8.52. The first-order valence-electron chi connectivity index (χ1n) is 11.3. The lowest BCUT2D eigenvalue weighted by atomic mass is 10.0. The summed E-state index contributed by atoms with van der Waals surface area (Å²) < 4.78 is 2.95. The van der Waals surface area contributed by atoms with Crippen LogP contribution in [0.2, 0.25) is 0 Å². The number of benzene rings is 1. The van der Waals surface area contributed by atoms with Crippen LogP contribution in [0.3, 0.4) is 0 Å². The number of fused-ring (bicyclic) bond motifs is 2. The fraction of sp³-hybridized carbons (Fsp3) is 0.292. The number of carbonyl (C=O) groups excluding carboxylic acids is 1. The number of carbonyl (C=O) groups is 1. The van der Waals surface area contributed by atoms with Crippen LogP contribution in [0.15, 0.2) is 43.0 Å². The molecule has 5 aromatic rings. The Hall–Kier alpha value is -3.37. The van der Waals surface area contributed by atoms with Crippen LogP contribution in [-0.4, -0.2) is 47.1 Å². The van der Waals surface area contributed by atoms with Gasteiger partial charge in [0.15, 0.2) is 0 Å². The van der Waals surface area contributed by atoms with Crippen LogP contribution in [-0.2, 0) is 13.5 Å². The summed E-state index contributed by atoms with van der Waals surface area (Å²) >= 11 is 3.07. The summed E-state index contributed by atoms with van der Waals surface area (Å²) in [7, 11) is 1.94. The Kier molecular flexibility index (Phi) is 4.46. The Morgan fingerprint density at radius 3 is 2.88 bits per heavy atom. The largest absolute Gasteiger partial charge is 0.348 e. The molecule has 2 aliphatic rings. The third-order valence-electron chi connectivity index (χ3n) is 6.50. The Labute approximate surface area is 203 Å². The Balaban J connectivity index is 1.27. The standard InChI is InChI=1S/C24H21N7OS2/c1-30-11-14(19(29-30)13-6-7-13)22-25-10-18(34-22)24(32)31-9-8-16-20(27-12-26-16)21(31)23-28-15-4-2-3-5-17(15)33-23/h2-5,10-13,21H,6-9H2,1H3,(H,26,27)/t21-/m0/s1. The fourth-order valence-corrected chi connectivity index (χ4v) is 6.70. The molecule has 7 rings (SSSR count). The van der Waals surface area contributed by atoms with Crippen molar-refractivity contribution in [3.63, 3.8) is 0 Å². The lowest BCUT2D eigenvalue weighted by Crippen LogP contribution is -2.40. The topological polar surface area (TPSA) is 92.6 Å². The van der Waals surface area contributed by atoms with Gasteiger partial charge < -0.3 is 9.88 Å². The SMILES string of the molecule is Cn1cc(-c2ncc(C(=O)N3CCc4[nH]cnc4[C@H]3c3nc4ccccc4s3)s2)c(C2CC2)n1. The molecule has 1 atom stereocenters. The van der Waals surface area contributed by atoms with Gasteiger partial charge in [0, 0.05) is 37.8 Å². The number of H-pyrrole nitrogens is 1. The van der Waals surface area contributed by atoms with E-state index in [0.717, 1.165) is 49.3 Å². The number of nitrogens with zero attached hydrogens (tertiary/aromatic N) is 6. The number of rotatable bonds is 4. The molecule has 0 radical (unpaired) electrons. The molecule has 8 nitrogen and oxygen atoms in total. The number of hydrogen-bond acceptors (Lipinski definition) is 7. The van der Waals surface area contributed by atoms with E-state index >= 15 is 0 Å². The molecule has 1 saturated carbocycles. The first kappa shape index (κ1) is 20.0. The van der Waals surface area contributed by atoms with Gasteiger partial charge in [0.2, 0.25) is 0 Å². The van der Waals surface area contributed by atoms with Crippen LogP contribution in [0.25, 0.3) is 20.8 Å². The van der Waals surface area contributed by atoms with Crippen molar-refractivity contribution in [1.29, 1.82) is 0 Å². The zero-order chi connectivity index (χ0) is 22.8. The van der Waals surface area contributed by atoms with E-state index < -0.39 is 0 Å². The maximum Gasteiger partial charge on any atom is 0.266 e. The first-order valence-corrected chi connectivity index (χ1v) is 13.0. The zero-order valence-electron chi connectivity index (χ0n) is 18.4. The summed E-state index contributed by atoms with van der Waals surface area (Å²) in [6, 6.07) is 7.77. The van der Waals surface area contributed by atoms with Crippen LogP contribution < -0.4 is 0 Å². The smallest absolute Gasteiger partial charge is 0.266 e. The highest BCUT2D eigenvalue weighted by molar-refractivity contribution is 7.18. The number of thiazole rings is 2. The fourth-order valence-electron chi connectivity index (χ4n) is 4.72. The van der Waals surface area contributed by atoms with Crippen molar-refractivity contribution in [3.05, 3.63) is 70.0 Å². The molecular formula is C24H21N7OS2. The summed E-state index contributed by atoms with van der Waals surface area (Å²) in [5.74, 6) is 0.487. The van der Waals surface area contributed by atoms with Gasteiger partial charge in [0.25, 0.3) is 5.91 Å². The Morgan fingerprint density at radius 2 is 2.03 bits per heavy atom. The highest BCUT2D eigenvalue weighted by Gasteiger charge is 2.37. The molecule has 0 spiro atoms. The molecule has 1 fully saturated rings. The van der Waals surface area contributed by atoms with Crippen LogP contribution in [0.5, 0.6) is 0 Å². The van der Waals surface area contributed by atoms with Crippen molar-refractivity contribution < 1.29 is 4.79 Å². The maximum atomic E-state index is 13.8. The Morgan fingerprint density at radius 1 is 1.15 bits per heavy atom. The number of amides is 1. The third kappa shape index (κ3) is 3.20.